The lowest BCUT2D eigenvalue weighted by Gasteiger charge is -2.10. The highest BCUT2D eigenvalue weighted by atomic mass is 19.2. The molecular weight excluding hydrogens is 276 g/mol. The van der Waals surface area contributed by atoms with E-state index >= 15 is 0 Å². The van der Waals surface area contributed by atoms with E-state index in [1.807, 2.05) is 0 Å². The molecule has 2 nitrogen and oxygen atoms in total. The average molecular weight is 284 g/mol. The zero-order chi connectivity index (χ0) is 15.0. The fourth-order valence-electron chi connectivity index (χ4n) is 1.89. The van der Waals surface area contributed by atoms with Crippen molar-refractivity contribution in [1.82, 2.24) is 0 Å². The number of carbonyl (C=O) groups is 1. The van der Waals surface area contributed by atoms with Crippen molar-refractivity contribution in [1.29, 1.82) is 0 Å². The smallest absolute Gasteiger partial charge is 0.338 e. The van der Waals surface area contributed by atoms with Gasteiger partial charge in [-0.05, 0) is 36.2 Å². The predicted molar refractivity (Wildman–Crippen MR) is 63.4 cm³/mol. The van der Waals surface area contributed by atoms with Gasteiger partial charge < -0.3 is 5.11 Å². The van der Waals surface area contributed by atoms with E-state index in [2.05, 4.69) is 0 Å². The zero-order valence-corrected chi connectivity index (χ0v) is 10.2. The number of aromatic carboxylic acids is 1. The summed E-state index contributed by atoms with van der Waals surface area (Å²) in [6, 6.07) is 3.60. The molecule has 2 aromatic carbocycles. The molecule has 0 heterocycles. The van der Waals surface area contributed by atoms with E-state index in [4.69, 9.17) is 5.11 Å². The van der Waals surface area contributed by atoms with Gasteiger partial charge in [0.25, 0.3) is 0 Å². The van der Waals surface area contributed by atoms with Crippen molar-refractivity contribution in [2.24, 2.45) is 0 Å². The van der Waals surface area contributed by atoms with Crippen molar-refractivity contribution in [3.05, 3.63) is 58.7 Å². The zero-order valence-electron chi connectivity index (χ0n) is 10.2. The first-order valence-corrected chi connectivity index (χ1v) is 5.50. The van der Waals surface area contributed by atoms with Crippen molar-refractivity contribution < 1.29 is 27.5 Å². The molecule has 0 aliphatic carbocycles. The highest BCUT2D eigenvalue weighted by molar-refractivity contribution is 5.90. The summed E-state index contributed by atoms with van der Waals surface area (Å²) in [6.45, 7) is 1.45. The van der Waals surface area contributed by atoms with E-state index in [0.717, 1.165) is 6.07 Å². The lowest BCUT2D eigenvalue weighted by Crippen LogP contribution is -2.04. The van der Waals surface area contributed by atoms with Gasteiger partial charge in [0.05, 0.1) is 5.56 Å². The molecule has 1 N–H and O–H groups in total. The van der Waals surface area contributed by atoms with Gasteiger partial charge in [0.1, 0.15) is 5.82 Å². The molecule has 2 rings (SSSR count). The molecule has 0 unspecified atom stereocenters. The van der Waals surface area contributed by atoms with Crippen LogP contribution in [-0.4, -0.2) is 11.1 Å². The minimum Gasteiger partial charge on any atom is -0.478 e. The highest BCUT2D eigenvalue weighted by Crippen LogP contribution is 2.30. The summed E-state index contributed by atoms with van der Waals surface area (Å²) >= 11 is 0. The maximum absolute atomic E-state index is 14.1. The topological polar surface area (TPSA) is 37.3 Å². The molecule has 0 aromatic heterocycles. The van der Waals surface area contributed by atoms with E-state index in [1.165, 1.54) is 13.0 Å². The van der Waals surface area contributed by atoms with Crippen molar-refractivity contribution in [3.63, 3.8) is 0 Å². The standard InChI is InChI=1S/C14H8F4O2/c1-6-2-3-8(14(19)20)12(17)11(6)7-4-9(15)13(18)10(16)5-7/h2-5H,1H3,(H,19,20). The molecule has 0 saturated heterocycles. The Morgan fingerprint density at radius 2 is 1.55 bits per heavy atom. The summed E-state index contributed by atoms with van der Waals surface area (Å²) in [6.07, 6.45) is 0. The summed E-state index contributed by atoms with van der Waals surface area (Å²) < 4.78 is 53.4. The molecule has 0 amide bonds. The van der Waals surface area contributed by atoms with Crippen molar-refractivity contribution >= 4 is 5.97 Å². The van der Waals surface area contributed by atoms with Crippen LogP contribution >= 0.6 is 0 Å². The van der Waals surface area contributed by atoms with Gasteiger partial charge in [-0.1, -0.05) is 6.07 Å². The SMILES string of the molecule is Cc1ccc(C(=O)O)c(F)c1-c1cc(F)c(F)c(F)c1. The lowest BCUT2D eigenvalue weighted by atomic mass is 9.97. The number of aryl methyl sites for hydroxylation is 1. The van der Waals surface area contributed by atoms with Gasteiger partial charge in [-0.15, -0.1) is 0 Å². The third-order valence-corrected chi connectivity index (χ3v) is 2.85. The van der Waals surface area contributed by atoms with Crippen LogP contribution in [-0.2, 0) is 0 Å². The number of carboxylic acids is 1. The van der Waals surface area contributed by atoms with Crippen LogP contribution in [0.1, 0.15) is 15.9 Å². The quantitative estimate of drug-likeness (QED) is 0.670. The number of benzene rings is 2. The molecule has 0 fully saturated rings. The number of carboxylic acid groups (broad SMARTS) is 1. The fourth-order valence-corrected chi connectivity index (χ4v) is 1.89. The second kappa shape index (κ2) is 4.96. The molecular formula is C14H8F4O2. The van der Waals surface area contributed by atoms with E-state index in [1.54, 1.807) is 0 Å². The minimum absolute atomic E-state index is 0.264. The Hall–Kier alpha value is -2.37. The Labute approximate surface area is 111 Å². The van der Waals surface area contributed by atoms with E-state index in [9.17, 15) is 22.4 Å². The Kier molecular flexibility index (Phi) is 3.48. The van der Waals surface area contributed by atoms with E-state index in [0.29, 0.717) is 12.1 Å². The van der Waals surface area contributed by atoms with Gasteiger partial charge in [0.2, 0.25) is 0 Å². The van der Waals surface area contributed by atoms with E-state index < -0.39 is 34.8 Å². The van der Waals surface area contributed by atoms with Gasteiger partial charge in [-0.2, -0.15) is 0 Å². The van der Waals surface area contributed by atoms with Gasteiger partial charge >= 0.3 is 5.97 Å². The van der Waals surface area contributed by atoms with Crippen molar-refractivity contribution in [3.8, 4) is 11.1 Å². The maximum Gasteiger partial charge on any atom is 0.338 e. The largest absolute Gasteiger partial charge is 0.478 e. The first kappa shape index (κ1) is 14.0. The van der Waals surface area contributed by atoms with Crippen LogP contribution in [0.5, 0.6) is 0 Å². The first-order valence-electron chi connectivity index (χ1n) is 5.50. The Bertz CT molecular complexity index is 688. The third-order valence-electron chi connectivity index (χ3n) is 2.85. The van der Waals surface area contributed by atoms with Gasteiger partial charge in [0.15, 0.2) is 17.5 Å². The normalized spacial score (nSPS) is 10.7. The molecule has 2 aromatic rings. The van der Waals surface area contributed by atoms with E-state index in [-0.39, 0.29) is 16.7 Å². The summed E-state index contributed by atoms with van der Waals surface area (Å²) in [7, 11) is 0. The minimum atomic E-state index is -1.67. The van der Waals surface area contributed by atoms with Gasteiger partial charge in [-0.25, -0.2) is 22.4 Å². The molecule has 20 heavy (non-hydrogen) atoms. The fraction of sp³-hybridized carbons (Fsp3) is 0.0714. The molecule has 6 heteroatoms. The number of hydrogen-bond acceptors (Lipinski definition) is 1. The van der Waals surface area contributed by atoms with Crippen molar-refractivity contribution in [2.75, 3.05) is 0 Å². The Balaban J connectivity index is 2.76. The second-order valence-electron chi connectivity index (χ2n) is 4.18. The lowest BCUT2D eigenvalue weighted by molar-refractivity contribution is 0.0692. The Morgan fingerprint density at radius 1 is 1.00 bits per heavy atom. The van der Waals surface area contributed by atoms with Crippen LogP contribution in [0.2, 0.25) is 0 Å². The molecule has 0 bridgehead atoms. The number of hydrogen-bond donors (Lipinski definition) is 1. The second-order valence-corrected chi connectivity index (χ2v) is 4.18. The Morgan fingerprint density at radius 3 is 2.05 bits per heavy atom. The van der Waals surface area contributed by atoms with Gasteiger partial charge in [0, 0.05) is 5.56 Å². The monoisotopic (exact) mass is 284 g/mol. The molecule has 104 valence electrons. The maximum atomic E-state index is 14.1. The molecule has 0 atom stereocenters. The molecule has 0 radical (unpaired) electrons. The molecule has 0 aliphatic heterocycles. The highest BCUT2D eigenvalue weighted by Gasteiger charge is 2.20. The molecule has 0 saturated carbocycles. The summed E-state index contributed by atoms with van der Waals surface area (Å²) in [4.78, 5) is 10.9. The summed E-state index contributed by atoms with van der Waals surface area (Å²) in [5, 5.41) is 8.83. The van der Waals surface area contributed by atoms with Crippen molar-refractivity contribution in [2.45, 2.75) is 6.92 Å². The third kappa shape index (κ3) is 2.24. The summed E-state index contributed by atoms with van der Waals surface area (Å²) in [5.74, 6) is -7.24. The van der Waals surface area contributed by atoms with Crippen LogP contribution in [0.15, 0.2) is 24.3 Å². The summed E-state index contributed by atoms with van der Waals surface area (Å²) in [5.41, 5.74) is -0.893. The number of halogens is 4. The molecule has 0 aliphatic rings. The number of rotatable bonds is 2. The predicted octanol–water partition coefficient (Wildman–Crippen LogP) is 3.92. The molecule has 0 spiro atoms. The van der Waals surface area contributed by atoms with Crippen LogP contribution in [0.4, 0.5) is 17.6 Å². The average Bonchev–Trinajstić information content (AvgIpc) is 2.35. The van der Waals surface area contributed by atoms with Gasteiger partial charge in [-0.3, -0.25) is 0 Å². The van der Waals surface area contributed by atoms with Crippen LogP contribution in [0.3, 0.4) is 0 Å². The van der Waals surface area contributed by atoms with Crippen LogP contribution in [0, 0.1) is 30.2 Å². The van der Waals surface area contributed by atoms with Crippen LogP contribution in [0.25, 0.3) is 11.1 Å². The van der Waals surface area contributed by atoms with Crippen LogP contribution < -0.4 is 0 Å². The first-order chi connectivity index (χ1) is 9.32.